The van der Waals surface area contributed by atoms with E-state index in [-0.39, 0.29) is 11.9 Å². The number of nitrogens with one attached hydrogen (secondary N) is 1. The van der Waals surface area contributed by atoms with Crippen LogP contribution >= 0.6 is 0 Å². The van der Waals surface area contributed by atoms with Crippen molar-refractivity contribution >= 4 is 22.5 Å². The van der Waals surface area contributed by atoms with Crippen molar-refractivity contribution in [2.75, 3.05) is 5.32 Å². The first-order chi connectivity index (χ1) is 11.6. The van der Waals surface area contributed by atoms with Crippen LogP contribution in [0.1, 0.15) is 61.4 Å². The Morgan fingerprint density at radius 2 is 2.21 bits per heavy atom. The van der Waals surface area contributed by atoms with E-state index in [1.807, 2.05) is 29.1 Å². The van der Waals surface area contributed by atoms with Gasteiger partial charge in [-0.15, -0.1) is 0 Å². The molecule has 0 radical (unpaired) electrons. The maximum absolute atomic E-state index is 12.4. The molecule has 0 unspecified atom stereocenters. The van der Waals surface area contributed by atoms with E-state index in [0.717, 1.165) is 29.4 Å². The lowest BCUT2D eigenvalue weighted by atomic mass is 9.85. The summed E-state index contributed by atoms with van der Waals surface area (Å²) in [6, 6.07) is 6.03. The van der Waals surface area contributed by atoms with Crippen LogP contribution in [0.4, 0.5) is 5.69 Å². The van der Waals surface area contributed by atoms with E-state index in [4.69, 9.17) is 4.42 Å². The molecule has 0 atom stereocenters. The van der Waals surface area contributed by atoms with Gasteiger partial charge in [0.1, 0.15) is 6.26 Å². The summed E-state index contributed by atoms with van der Waals surface area (Å²) in [7, 11) is 0. The molecule has 4 rings (SSSR count). The number of fused-ring (bicyclic) bond motifs is 1. The van der Waals surface area contributed by atoms with E-state index in [9.17, 15) is 4.79 Å². The molecule has 0 bridgehead atoms. The summed E-state index contributed by atoms with van der Waals surface area (Å²) < 4.78 is 7.39. The largest absolute Gasteiger partial charge is 0.448 e. The quantitative estimate of drug-likeness (QED) is 0.783. The highest BCUT2D eigenvalue weighted by Crippen LogP contribution is 2.35. The molecule has 6 heteroatoms. The molecule has 1 N–H and O–H groups in total. The third kappa shape index (κ3) is 2.58. The second-order valence-corrected chi connectivity index (χ2v) is 6.61. The smallest absolute Gasteiger partial charge is 0.277 e. The van der Waals surface area contributed by atoms with E-state index < -0.39 is 0 Å². The number of anilines is 1. The van der Waals surface area contributed by atoms with E-state index in [0.29, 0.717) is 17.5 Å². The molecular formula is C18H20N4O2. The fraction of sp³-hybridized carbons (Fsp3) is 0.389. The van der Waals surface area contributed by atoms with E-state index in [1.54, 1.807) is 0 Å². The predicted octanol–water partition coefficient (Wildman–Crippen LogP) is 4.13. The molecule has 2 heterocycles. The van der Waals surface area contributed by atoms with Gasteiger partial charge in [0, 0.05) is 23.0 Å². The lowest BCUT2D eigenvalue weighted by Crippen LogP contribution is -2.14. The third-order valence-corrected chi connectivity index (χ3v) is 4.55. The molecule has 24 heavy (non-hydrogen) atoms. The number of nitrogens with zero attached hydrogens (tertiary/aromatic N) is 3. The van der Waals surface area contributed by atoms with Crippen LogP contribution in [0.3, 0.4) is 0 Å². The van der Waals surface area contributed by atoms with Gasteiger partial charge in [0.05, 0.1) is 11.7 Å². The summed E-state index contributed by atoms with van der Waals surface area (Å²) in [6.45, 7) is 4.16. The van der Waals surface area contributed by atoms with Gasteiger partial charge in [0.2, 0.25) is 0 Å². The fourth-order valence-corrected chi connectivity index (χ4v) is 2.96. The van der Waals surface area contributed by atoms with Crippen molar-refractivity contribution in [3.8, 4) is 0 Å². The summed E-state index contributed by atoms with van der Waals surface area (Å²) >= 11 is 0. The van der Waals surface area contributed by atoms with Crippen molar-refractivity contribution in [2.24, 2.45) is 0 Å². The van der Waals surface area contributed by atoms with E-state index >= 15 is 0 Å². The fourth-order valence-electron chi connectivity index (χ4n) is 2.96. The average Bonchev–Trinajstić information content (AvgIpc) is 3.11. The Labute approximate surface area is 139 Å². The summed E-state index contributed by atoms with van der Waals surface area (Å²) in [5.74, 6) is 0.808. The lowest BCUT2D eigenvalue weighted by molar-refractivity contribution is 0.102. The molecule has 6 nitrogen and oxygen atoms in total. The Morgan fingerprint density at radius 1 is 1.38 bits per heavy atom. The van der Waals surface area contributed by atoms with Gasteiger partial charge in [-0.3, -0.25) is 9.48 Å². The number of aromatic nitrogens is 3. The van der Waals surface area contributed by atoms with Gasteiger partial charge in [-0.2, -0.15) is 5.10 Å². The molecule has 1 aliphatic rings. The molecule has 0 aliphatic heterocycles. The van der Waals surface area contributed by atoms with Gasteiger partial charge in [0.25, 0.3) is 5.91 Å². The van der Waals surface area contributed by atoms with E-state index in [2.05, 4.69) is 29.2 Å². The Bertz CT molecular complexity index is 889. The molecule has 1 fully saturated rings. The SMILES string of the molecule is CC(C)n1ncc2ccc(NC(=O)c3coc(C4CCC4)n3)cc21. The third-order valence-electron chi connectivity index (χ3n) is 4.55. The number of amides is 1. The van der Waals surface area contributed by atoms with Gasteiger partial charge in [-0.05, 0) is 44.9 Å². The van der Waals surface area contributed by atoms with Crippen molar-refractivity contribution in [3.63, 3.8) is 0 Å². The normalized spacial score (nSPS) is 15.0. The highest BCUT2D eigenvalue weighted by molar-refractivity contribution is 6.03. The molecule has 1 amide bonds. The zero-order chi connectivity index (χ0) is 16.7. The van der Waals surface area contributed by atoms with Crippen LogP contribution in [-0.4, -0.2) is 20.7 Å². The monoisotopic (exact) mass is 324 g/mol. The molecule has 1 aromatic carbocycles. The summed E-state index contributed by atoms with van der Waals surface area (Å²) in [6.07, 6.45) is 6.68. The van der Waals surface area contributed by atoms with Crippen LogP contribution in [0.5, 0.6) is 0 Å². The molecule has 124 valence electrons. The Hall–Kier alpha value is -2.63. The first-order valence-corrected chi connectivity index (χ1v) is 8.36. The van der Waals surface area contributed by atoms with Crippen molar-refractivity contribution in [1.29, 1.82) is 0 Å². The standard InChI is InChI=1S/C18H20N4O2/c1-11(2)22-16-8-14(7-6-13(16)9-19-22)20-17(23)15-10-24-18(21-15)12-4-3-5-12/h6-12H,3-5H2,1-2H3,(H,20,23). The van der Waals surface area contributed by atoms with Gasteiger partial charge in [-0.25, -0.2) is 4.98 Å². The highest BCUT2D eigenvalue weighted by Gasteiger charge is 2.25. The zero-order valence-electron chi connectivity index (χ0n) is 13.8. The summed E-state index contributed by atoms with van der Waals surface area (Å²) in [5, 5.41) is 8.33. The topological polar surface area (TPSA) is 73.0 Å². The summed E-state index contributed by atoms with van der Waals surface area (Å²) in [4.78, 5) is 16.7. The van der Waals surface area contributed by atoms with Crippen LogP contribution in [0, 0.1) is 0 Å². The van der Waals surface area contributed by atoms with Crippen molar-refractivity contribution in [1.82, 2.24) is 14.8 Å². The zero-order valence-corrected chi connectivity index (χ0v) is 13.8. The van der Waals surface area contributed by atoms with Crippen LogP contribution in [0.2, 0.25) is 0 Å². The number of carbonyl (C=O) groups is 1. The predicted molar refractivity (Wildman–Crippen MR) is 91.2 cm³/mol. The average molecular weight is 324 g/mol. The first kappa shape index (κ1) is 14.9. The molecule has 0 saturated heterocycles. The summed E-state index contributed by atoms with van der Waals surface area (Å²) in [5.41, 5.74) is 2.05. The Kier molecular flexibility index (Phi) is 3.59. The molecule has 2 aromatic heterocycles. The van der Waals surface area contributed by atoms with Gasteiger partial charge in [-0.1, -0.05) is 6.42 Å². The van der Waals surface area contributed by atoms with Gasteiger partial charge >= 0.3 is 0 Å². The number of hydrogen-bond donors (Lipinski definition) is 1. The first-order valence-electron chi connectivity index (χ1n) is 8.36. The van der Waals surface area contributed by atoms with Gasteiger partial charge < -0.3 is 9.73 Å². The minimum atomic E-state index is -0.251. The minimum Gasteiger partial charge on any atom is -0.448 e. The second kappa shape index (κ2) is 5.78. The van der Waals surface area contributed by atoms with Crippen LogP contribution in [-0.2, 0) is 0 Å². The van der Waals surface area contributed by atoms with E-state index in [1.165, 1.54) is 12.7 Å². The molecule has 1 saturated carbocycles. The Balaban J connectivity index is 1.55. The molecule has 1 aliphatic carbocycles. The van der Waals surface area contributed by atoms with Gasteiger partial charge in [0.15, 0.2) is 11.6 Å². The van der Waals surface area contributed by atoms with Crippen LogP contribution in [0.25, 0.3) is 10.9 Å². The molecule has 3 aromatic rings. The number of rotatable bonds is 4. The number of carbonyl (C=O) groups excluding carboxylic acids is 1. The minimum absolute atomic E-state index is 0.251. The number of benzene rings is 1. The second-order valence-electron chi connectivity index (χ2n) is 6.61. The molecular weight excluding hydrogens is 304 g/mol. The highest BCUT2D eigenvalue weighted by atomic mass is 16.3. The van der Waals surface area contributed by atoms with Crippen molar-refractivity contribution in [2.45, 2.75) is 45.1 Å². The van der Waals surface area contributed by atoms with Crippen molar-refractivity contribution in [3.05, 3.63) is 42.2 Å². The molecule has 0 spiro atoms. The lowest BCUT2D eigenvalue weighted by Gasteiger charge is -2.21. The van der Waals surface area contributed by atoms with Crippen LogP contribution in [0.15, 0.2) is 35.1 Å². The van der Waals surface area contributed by atoms with Crippen LogP contribution < -0.4 is 5.32 Å². The maximum atomic E-state index is 12.4. The van der Waals surface area contributed by atoms with Crippen molar-refractivity contribution < 1.29 is 9.21 Å². The maximum Gasteiger partial charge on any atom is 0.277 e. The number of oxazole rings is 1. The number of hydrogen-bond acceptors (Lipinski definition) is 4. The Morgan fingerprint density at radius 3 is 2.92 bits per heavy atom.